The molecular weight excluding hydrogens is 158 g/mol. The number of aryl methyl sites for hydroxylation is 1. The van der Waals surface area contributed by atoms with Gasteiger partial charge in [0.25, 0.3) is 0 Å². The van der Waals surface area contributed by atoms with Crippen LogP contribution in [0.3, 0.4) is 0 Å². The summed E-state index contributed by atoms with van der Waals surface area (Å²) in [5.41, 5.74) is 0.402. The molecule has 0 unspecified atom stereocenters. The van der Waals surface area contributed by atoms with Gasteiger partial charge in [-0.2, -0.15) is 0 Å². The van der Waals surface area contributed by atoms with Crippen LogP contribution in [-0.2, 0) is 6.42 Å². The van der Waals surface area contributed by atoms with Crippen molar-refractivity contribution in [1.29, 1.82) is 0 Å². The molecule has 0 heterocycles. The molecule has 0 aromatic heterocycles. The van der Waals surface area contributed by atoms with Crippen LogP contribution in [0.4, 0.5) is 8.78 Å². The highest BCUT2D eigenvalue weighted by Crippen LogP contribution is 2.16. The maximum absolute atomic E-state index is 13.1. The molecule has 0 saturated heterocycles. The van der Waals surface area contributed by atoms with Gasteiger partial charge in [0, 0.05) is 12.0 Å². The van der Waals surface area contributed by atoms with Crippen LogP contribution in [0.5, 0.6) is 0 Å². The first-order valence-electron chi connectivity index (χ1n) is 3.53. The molecule has 0 aliphatic rings. The third-order valence-corrected chi connectivity index (χ3v) is 1.66. The van der Waals surface area contributed by atoms with Crippen LogP contribution in [0.2, 0.25) is 0 Å². The van der Waals surface area contributed by atoms with Crippen molar-refractivity contribution in [3.05, 3.63) is 34.9 Å². The van der Waals surface area contributed by atoms with Crippen LogP contribution >= 0.6 is 0 Å². The van der Waals surface area contributed by atoms with Crippen LogP contribution in [0.1, 0.15) is 11.1 Å². The van der Waals surface area contributed by atoms with Crippen molar-refractivity contribution in [1.82, 2.24) is 0 Å². The molecule has 12 heavy (non-hydrogen) atoms. The number of terminal acetylenes is 1. The molecule has 0 aliphatic heterocycles. The Hall–Kier alpha value is -1.36. The van der Waals surface area contributed by atoms with Crippen LogP contribution < -0.4 is 0 Å². The maximum atomic E-state index is 13.1. The van der Waals surface area contributed by atoms with E-state index in [0.29, 0.717) is 5.56 Å². The Morgan fingerprint density at radius 2 is 2.08 bits per heavy atom. The fourth-order valence-electron chi connectivity index (χ4n) is 0.979. The molecule has 1 rings (SSSR count). The zero-order valence-electron chi connectivity index (χ0n) is 6.70. The Morgan fingerprint density at radius 1 is 1.42 bits per heavy atom. The van der Waals surface area contributed by atoms with E-state index in [2.05, 4.69) is 5.92 Å². The van der Waals surface area contributed by atoms with Gasteiger partial charge in [0.15, 0.2) is 0 Å². The minimum Gasteiger partial charge on any atom is -0.207 e. The van der Waals surface area contributed by atoms with Gasteiger partial charge in [0.05, 0.1) is 0 Å². The molecule has 0 fully saturated rings. The van der Waals surface area contributed by atoms with E-state index in [0.717, 1.165) is 0 Å². The summed E-state index contributed by atoms with van der Waals surface area (Å²) in [4.78, 5) is 0. The van der Waals surface area contributed by atoms with Crippen molar-refractivity contribution in [3.8, 4) is 12.3 Å². The molecule has 0 atom stereocenters. The lowest BCUT2D eigenvalue weighted by Gasteiger charge is -2.02. The van der Waals surface area contributed by atoms with Gasteiger partial charge < -0.3 is 0 Å². The van der Waals surface area contributed by atoms with Crippen LogP contribution in [-0.4, -0.2) is 0 Å². The minimum atomic E-state index is -0.573. The summed E-state index contributed by atoms with van der Waals surface area (Å²) < 4.78 is 26.0. The Morgan fingerprint density at radius 3 is 2.67 bits per heavy atom. The smallest absolute Gasteiger partial charge is 0.133 e. The van der Waals surface area contributed by atoms with Crippen LogP contribution in [0.25, 0.3) is 0 Å². The van der Waals surface area contributed by atoms with E-state index >= 15 is 0 Å². The van der Waals surface area contributed by atoms with Gasteiger partial charge in [0.1, 0.15) is 11.6 Å². The van der Waals surface area contributed by atoms with E-state index in [9.17, 15) is 8.78 Å². The number of halogens is 2. The predicted molar refractivity (Wildman–Crippen MR) is 43.6 cm³/mol. The molecule has 0 nitrogen and oxygen atoms in total. The topological polar surface area (TPSA) is 0 Å². The van der Waals surface area contributed by atoms with Crippen LogP contribution in [0, 0.1) is 30.9 Å². The highest BCUT2D eigenvalue weighted by atomic mass is 19.1. The molecule has 0 spiro atoms. The average molecular weight is 166 g/mol. The van der Waals surface area contributed by atoms with E-state index in [-0.39, 0.29) is 12.0 Å². The molecule has 62 valence electrons. The average Bonchev–Trinajstić information content (AvgIpc) is 2.06. The molecule has 0 radical (unpaired) electrons. The van der Waals surface area contributed by atoms with E-state index < -0.39 is 11.6 Å². The van der Waals surface area contributed by atoms with Crippen molar-refractivity contribution in [2.45, 2.75) is 13.3 Å². The Kier molecular flexibility index (Phi) is 2.44. The Bertz CT molecular complexity index is 334. The normalized spacial score (nSPS) is 9.50. The SMILES string of the molecule is C#CCc1c(F)ccc(C)c1F. The molecular formula is C10H8F2. The summed E-state index contributed by atoms with van der Waals surface area (Å²) in [5.74, 6) is 1.11. The molecule has 0 amide bonds. The summed E-state index contributed by atoms with van der Waals surface area (Å²) in [6.45, 7) is 1.58. The molecule has 1 aromatic rings. The lowest BCUT2D eigenvalue weighted by molar-refractivity contribution is 0.558. The molecule has 0 bridgehead atoms. The van der Waals surface area contributed by atoms with Crippen molar-refractivity contribution in [2.24, 2.45) is 0 Å². The summed E-state index contributed by atoms with van der Waals surface area (Å²) in [7, 11) is 0. The van der Waals surface area contributed by atoms with E-state index in [1.807, 2.05) is 0 Å². The number of hydrogen-bond donors (Lipinski definition) is 0. The second-order valence-electron chi connectivity index (χ2n) is 2.54. The Balaban J connectivity index is 3.25. The molecule has 2 heteroatoms. The molecule has 0 aliphatic carbocycles. The van der Waals surface area contributed by atoms with E-state index in [1.54, 1.807) is 6.92 Å². The summed E-state index contributed by atoms with van der Waals surface area (Å²) >= 11 is 0. The molecule has 0 saturated carbocycles. The van der Waals surface area contributed by atoms with Gasteiger partial charge in [-0.1, -0.05) is 6.07 Å². The minimum absolute atomic E-state index is 0.000648. The van der Waals surface area contributed by atoms with Gasteiger partial charge >= 0.3 is 0 Å². The van der Waals surface area contributed by atoms with Crippen molar-refractivity contribution >= 4 is 0 Å². The quantitative estimate of drug-likeness (QED) is 0.562. The van der Waals surface area contributed by atoms with Gasteiger partial charge in [-0.05, 0) is 18.6 Å². The van der Waals surface area contributed by atoms with Crippen molar-refractivity contribution in [2.75, 3.05) is 0 Å². The van der Waals surface area contributed by atoms with Gasteiger partial charge in [-0.3, -0.25) is 0 Å². The first-order valence-corrected chi connectivity index (χ1v) is 3.53. The maximum Gasteiger partial charge on any atom is 0.133 e. The second kappa shape index (κ2) is 3.36. The fourth-order valence-corrected chi connectivity index (χ4v) is 0.979. The monoisotopic (exact) mass is 166 g/mol. The van der Waals surface area contributed by atoms with Crippen molar-refractivity contribution in [3.63, 3.8) is 0 Å². The first-order chi connectivity index (χ1) is 5.66. The third-order valence-electron chi connectivity index (χ3n) is 1.66. The summed E-state index contributed by atoms with van der Waals surface area (Å²) in [6, 6.07) is 2.62. The lowest BCUT2D eigenvalue weighted by atomic mass is 10.1. The summed E-state index contributed by atoms with van der Waals surface area (Å²) in [5, 5.41) is 0. The standard InChI is InChI=1S/C10H8F2/c1-3-4-8-9(11)6-5-7(2)10(8)12/h1,5-6H,4H2,2H3. The first kappa shape index (κ1) is 8.73. The highest BCUT2D eigenvalue weighted by Gasteiger charge is 2.09. The Labute approximate surface area is 70.2 Å². The van der Waals surface area contributed by atoms with Crippen LogP contribution in [0.15, 0.2) is 12.1 Å². The zero-order valence-corrected chi connectivity index (χ0v) is 6.70. The van der Waals surface area contributed by atoms with E-state index in [1.165, 1.54) is 12.1 Å². The second-order valence-corrected chi connectivity index (χ2v) is 2.54. The lowest BCUT2D eigenvalue weighted by Crippen LogP contribution is -1.96. The van der Waals surface area contributed by atoms with Crippen molar-refractivity contribution < 1.29 is 8.78 Å². The van der Waals surface area contributed by atoms with E-state index in [4.69, 9.17) is 6.42 Å². The molecule has 1 aromatic carbocycles. The molecule has 0 N–H and O–H groups in total. The largest absolute Gasteiger partial charge is 0.207 e. The summed E-state index contributed by atoms with van der Waals surface area (Å²) in [6.07, 6.45) is 4.96. The predicted octanol–water partition coefficient (Wildman–Crippen LogP) is 2.45. The fraction of sp³-hybridized carbons (Fsp3) is 0.200. The van der Waals surface area contributed by atoms with Gasteiger partial charge in [-0.15, -0.1) is 12.3 Å². The number of hydrogen-bond acceptors (Lipinski definition) is 0. The third kappa shape index (κ3) is 1.45. The zero-order chi connectivity index (χ0) is 9.14. The highest BCUT2D eigenvalue weighted by molar-refractivity contribution is 5.29. The van der Waals surface area contributed by atoms with Gasteiger partial charge in [-0.25, -0.2) is 8.78 Å². The number of benzene rings is 1. The van der Waals surface area contributed by atoms with Gasteiger partial charge in [0.2, 0.25) is 0 Å². The number of rotatable bonds is 1.